The van der Waals surface area contributed by atoms with Gasteiger partial charge in [-0.1, -0.05) is 0 Å². The minimum absolute atomic E-state index is 0.00366. The molecule has 0 amide bonds. The van der Waals surface area contributed by atoms with Crippen LogP contribution in [0.4, 0.5) is 4.39 Å². The van der Waals surface area contributed by atoms with Crippen LogP contribution in [-0.4, -0.2) is 6.54 Å². The number of hydrogen-bond acceptors (Lipinski definition) is 4. The Kier molecular flexibility index (Phi) is 4.15. The van der Waals surface area contributed by atoms with Crippen molar-refractivity contribution in [2.45, 2.75) is 13.0 Å². The quantitative estimate of drug-likeness (QED) is 0.933. The Morgan fingerprint density at radius 1 is 1.47 bits per heavy atom. The van der Waals surface area contributed by atoms with Crippen LogP contribution in [0.3, 0.4) is 0 Å². The van der Waals surface area contributed by atoms with E-state index in [-0.39, 0.29) is 11.7 Å². The average Bonchev–Trinajstić information content (AvgIpc) is 2.82. The van der Waals surface area contributed by atoms with Crippen molar-refractivity contribution < 1.29 is 9.13 Å². The van der Waals surface area contributed by atoms with Gasteiger partial charge < -0.3 is 10.5 Å². The number of ether oxygens (including phenoxy) is 1. The predicted molar refractivity (Wildman–Crippen MR) is 72.6 cm³/mol. The number of hydrogen-bond donors (Lipinski definition) is 1. The molecule has 2 aromatic rings. The van der Waals surface area contributed by atoms with E-state index < -0.39 is 5.82 Å². The van der Waals surface area contributed by atoms with Crippen LogP contribution < -0.4 is 10.5 Å². The maximum atomic E-state index is 13.5. The van der Waals surface area contributed by atoms with Crippen molar-refractivity contribution >= 4 is 11.3 Å². The van der Waals surface area contributed by atoms with Crippen LogP contribution in [0.1, 0.15) is 22.1 Å². The summed E-state index contributed by atoms with van der Waals surface area (Å²) in [4.78, 5) is 1.03. The molecule has 0 radical (unpaired) electrons. The molecule has 2 N–H and O–H groups in total. The van der Waals surface area contributed by atoms with Crippen LogP contribution in [0.25, 0.3) is 0 Å². The number of nitrogens with zero attached hydrogens (tertiary/aromatic N) is 1. The molecule has 5 heteroatoms. The fourth-order valence-electron chi connectivity index (χ4n) is 1.75. The summed E-state index contributed by atoms with van der Waals surface area (Å²) in [6.45, 7) is 2.29. The summed E-state index contributed by atoms with van der Waals surface area (Å²) in [7, 11) is 0. The van der Waals surface area contributed by atoms with Crippen LogP contribution >= 0.6 is 11.3 Å². The van der Waals surface area contributed by atoms with Crippen molar-refractivity contribution in [2.24, 2.45) is 5.73 Å². The van der Waals surface area contributed by atoms with E-state index in [2.05, 4.69) is 0 Å². The van der Waals surface area contributed by atoms with Gasteiger partial charge in [-0.2, -0.15) is 5.26 Å². The van der Waals surface area contributed by atoms with Crippen LogP contribution in [0, 0.1) is 24.1 Å². The molecule has 98 valence electrons. The largest absolute Gasteiger partial charge is 0.483 e. The third kappa shape index (κ3) is 2.92. The van der Waals surface area contributed by atoms with Gasteiger partial charge in [0.05, 0.1) is 5.56 Å². The van der Waals surface area contributed by atoms with E-state index in [9.17, 15) is 4.39 Å². The number of nitrogens with two attached hydrogens (primary N) is 1. The summed E-state index contributed by atoms with van der Waals surface area (Å²) in [5, 5.41) is 10.6. The van der Waals surface area contributed by atoms with E-state index in [1.807, 2.05) is 18.4 Å². The van der Waals surface area contributed by atoms with Gasteiger partial charge in [0.1, 0.15) is 23.7 Å². The van der Waals surface area contributed by atoms with Crippen molar-refractivity contribution in [1.82, 2.24) is 0 Å². The monoisotopic (exact) mass is 276 g/mol. The first-order chi connectivity index (χ1) is 9.15. The molecule has 0 aliphatic carbocycles. The molecule has 1 aromatic heterocycles. The zero-order chi connectivity index (χ0) is 13.8. The smallest absolute Gasteiger partial charge is 0.145 e. The predicted octanol–water partition coefficient (Wildman–Crippen LogP) is 3.15. The number of rotatable bonds is 4. The second-order valence-electron chi connectivity index (χ2n) is 4.06. The van der Waals surface area contributed by atoms with Crippen molar-refractivity contribution in [2.75, 3.05) is 6.54 Å². The highest BCUT2D eigenvalue weighted by Gasteiger charge is 2.16. The summed E-state index contributed by atoms with van der Waals surface area (Å²) in [6, 6.07) is 7.96. The molecule has 1 aromatic carbocycles. The summed E-state index contributed by atoms with van der Waals surface area (Å²) in [6.07, 6.45) is -0.299. The van der Waals surface area contributed by atoms with Gasteiger partial charge in [-0.25, -0.2) is 4.39 Å². The Morgan fingerprint density at radius 3 is 2.79 bits per heavy atom. The second kappa shape index (κ2) is 5.83. The molecule has 0 saturated heterocycles. The molecular formula is C14H13FN2OS. The summed E-state index contributed by atoms with van der Waals surface area (Å²) < 4.78 is 19.2. The molecule has 0 bridgehead atoms. The van der Waals surface area contributed by atoms with Crippen molar-refractivity contribution in [3.05, 3.63) is 51.5 Å². The van der Waals surface area contributed by atoms with Gasteiger partial charge >= 0.3 is 0 Å². The topological polar surface area (TPSA) is 59.0 Å². The highest BCUT2D eigenvalue weighted by atomic mass is 32.1. The normalized spacial score (nSPS) is 11.9. The molecule has 0 fully saturated rings. The van der Waals surface area contributed by atoms with E-state index in [0.717, 1.165) is 10.4 Å². The van der Waals surface area contributed by atoms with Crippen molar-refractivity contribution in [3.8, 4) is 11.8 Å². The van der Waals surface area contributed by atoms with Gasteiger partial charge in [-0.3, -0.25) is 0 Å². The number of nitriles is 1. The molecule has 0 aliphatic heterocycles. The standard InChI is InChI=1S/C14H13FN2OS/c1-9-4-5-19-14(9)13(8-17)18-11-3-2-10(7-16)12(15)6-11/h2-6,13H,8,17H2,1H3. The lowest BCUT2D eigenvalue weighted by molar-refractivity contribution is 0.216. The number of thiophene rings is 1. The molecule has 0 saturated carbocycles. The highest BCUT2D eigenvalue weighted by Crippen LogP contribution is 2.28. The molecule has 0 spiro atoms. The maximum absolute atomic E-state index is 13.5. The number of aryl methyl sites for hydroxylation is 1. The summed E-state index contributed by atoms with van der Waals surface area (Å²) >= 11 is 1.56. The first kappa shape index (κ1) is 13.5. The van der Waals surface area contributed by atoms with Gasteiger partial charge in [0.2, 0.25) is 0 Å². The summed E-state index contributed by atoms with van der Waals surface area (Å²) in [5.41, 5.74) is 6.82. The molecule has 19 heavy (non-hydrogen) atoms. The van der Waals surface area contributed by atoms with Crippen LogP contribution in [0.15, 0.2) is 29.6 Å². The highest BCUT2D eigenvalue weighted by molar-refractivity contribution is 7.10. The first-order valence-corrected chi connectivity index (χ1v) is 6.64. The Labute approximate surface area is 115 Å². The van der Waals surface area contributed by atoms with E-state index in [4.69, 9.17) is 15.7 Å². The average molecular weight is 276 g/mol. The lowest BCUT2D eigenvalue weighted by Gasteiger charge is -2.17. The second-order valence-corrected chi connectivity index (χ2v) is 5.01. The number of halogens is 1. The van der Waals surface area contributed by atoms with Crippen LogP contribution in [0.5, 0.6) is 5.75 Å². The molecule has 1 unspecified atom stereocenters. The first-order valence-electron chi connectivity index (χ1n) is 5.76. The minimum atomic E-state index is -0.585. The maximum Gasteiger partial charge on any atom is 0.145 e. The van der Waals surface area contributed by atoms with E-state index in [1.54, 1.807) is 23.5 Å². The molecule has 0 aliphatic rings. The Hall–Kier alpha value is -1.90. The van der Waals surface area contributed by atoms with Crippen molar-refractivity contribution in [1.29, 1.82) is 5.26 Å². The zero-order valence-corrected chi connectivity index (χ0v) is 11.2. The minimum Gasteiger partial charge on any atom is -0.483 e. The summed E-state index contributed by atoms with van der Waals surface area (Å²) in [5.74, 6) is -0.210. The van der Waals surface area contributed by atoms with Gasteiger partial charge in [0.25, 0.3) is 0 Å². The van der Waals surface area contributed by atoms with Crippen LogP contribution in [0.2, 0.25) is 0 Å². The van der Waals surface area contributed by atoms with E-state index >= 15 is 0 Å². The lowest BCUT2D eigenvalue weighted by atomic mass is 10.2. The molecule has 2 rings (SSSR count). The molecular weight excluding hydrogens is 263 g/mol. The Morgan fingerprint density at radius 2 is 2.26 bits per heavy atom. The van der Waals surface area contributed by atoms with E-state index in [0.29, 0.717) is 12.3 Å². The third-order valence-electron chi connectivity index (χ3n) is 2.75. The van der Waals surface area contributed by atoms with Crippen molar-refractivity contribution in [3.63, 3.8) is 0 Å². The lowest BCUT2D eigenvalue weighted by Crippen LogP contribution is -2.18. The van der Waals surface area contributed by atoms with Gasteiger partial charge in [-0.05, 0) is 36.1 Å². The fraction of sp³-hybridized carbons (Fsp3) is 0.214. The molecule has 3 nitrogen and oxygen atoms in total. The van der Waals surface area contributed by atoms with Gasteiger partial charge in [-0.15, -0.1) is 11.3 Å². The van der Waals surface area contributed by atoms with Crippen LogP contribution in [-0.2, 0) is 0 Å². The van der Waals surface area contributed by atoms with Gasteiger partial charge in [0.15, 0.2) is 0 Å². The zero-order valence-electron chi connectivity index (χ0n) is 10.4. The molecule has 1 heterocycles. The SMILES string of the molecule is Cc1ccsc1C(CN)Oc1ccc(C#N)c(F)c1. The van der Waals surface area contributed by atoms with Gasteiger partial charge in [0, 0.05) is 17.5 Å². The van der Waals surface area contributed by atoms with E-state index in [1.165, 1.54) is 12.1 Å². The Balaban J connectivity index is 2.22. The number of benzene rings is 1. The molecule has 1 atom stereocenters. The Bertz CT molecular complexity index is 618. The third-order valence-corrected chi connectivity index (χ3v) is 3.86. The fourth-order valence-corrected chi connectivity index (χ4v) is 2.72.